The number of anilines is 1. The van der Waals surface area contributed by atoms with Gasteiger partial charge in [-0.05, 0) is 38.0 Å². The van der Waals surface area contributed by atoms with E-state index in [4.69, 9.17) is 16.3 Å². The van der Waals surface area contributed by atoms with E-state index < -0.39 is 11.8 Å². The monoisotopic (exact) mass is 286 g/mol. The van der Waals surface area contributed by atoms with Crippen LogP contribution in [0.2, 0.25) is 5.02 Å². The van der Waals surface area contributed by atoms with Crippen LogP contribution < -0.4 is 10.6 Å². The van der Waals surface area contributed by atoms with E-state index in [0.717, 1.165) is 25.5 Å². The van der Waals surface area contributed by atoms with Gasteiger partial charge in [-0.15, -0.1) is 0 Å². The molecule has 104 valence electrons. The SMILES string of the molecule is C[C@H](NC(=O)Nc1ccc(Cl)cc1F)[C@H]1CCCO1. The van der Waals surface area contributed by atoms with Crippen LogP contribution in [-0.2, 0) is 4.74 Å². The summed E-state index contributed by atoms with van der Waals surface area (Å²) in [5.74, 6) is -0.563. The number of nitrogens with one attached hydrogen (secondary N) is 2. The van der Waals surface area contributed by atoms with Gasteiger partial charge in [0.2, 0.25) is 0 Å². The molecule has 1 aromatic carbocycles. The van der Waals surface area contributed by atoms with Gasteiger partial charge in [0.05, 0.1) is 17.8 Å². The van der Waals surface area contributed by atoms with Crippen LogP contribution in [0.5, 0.6) is 0 Å². The van der Waals surface area contributed by atoms with E-state index in [1.807, 2.05) is 6.92 Å². The molecule has 6 heteroatoms. The molecule has 1 saturated heterocycles. The van der Waals surface area contributed by atoms with Crippen molar-refractivity contribution in [1.82, 2.24) is 5.32 Å². The Labute approximate surface area is 116 Å². The molecule has 0 radical (unpaired) electrons. The summed E-state index contributed by atoms with van der Waals surface area (Å²) in [6.07, 6.45) is 1.96. The Morgan fingerprint density at radius 1 is 1.58 bits per heavy atom. The van der Waals surface area contributed by atoms with Crippen molar-refractivity contribution in [3.63, 3.8) is 0 Å². The lowest BCUT2D eigenvalue weighted by molar-refractivity contribution is 0.0868. The molecule has 2 atom stereocenters. The van der Waals surface area contributed by atoms with E-state index in [1.165, 1.54) is 12.1 Å². The Kier molecular flexibility index (Phi) is 4.61. The molecule has 0 bridgehead atoms. The lowest BCUT2D eigenvalue weighted by atomic mass is 10.1. The molecule has 1 aromatic rings. The minimum absolute atomic E-state index is 0.0285. The Morgan fingerprint density at radius 3 is 3.00 bits per heavy atom. The summed E-state index contributed by atoms with van der Waals surface area (Å²) in [6, 6.07) is 3.53. The molecule has 2 rings (SSSR count). The van der Waals surface area contributed by atoms with E-state index in [9.17, 15) is 9.18 Å². The van der Waals surface area contributed by atoms with Crippen LogP contribution >= 0.6 is 11.6 Å². The number of hydrogen-bond donors (Lipinski definition) is 2. The third-order valence-corrected chi connectivity index (χ3v) is 3.30. The quantitative estimate of drug-likeness (QED) is 0.897. The topological polar surface area (TPSA) is 50.4 Å². The van der Waals surface area contributed by atoms with Gasteiger partial charge in [0.1, 0.15) is 5.82 Å². The smallest absolute Gasteiger partial charge is 0.319 e. The van der Waals surface area contributed by atoms with Crippen molar-refractivity contribution in [3.05, 3.63) is 29.0 Å². The van der Waals surface area contributed by atoms with Crippen molar-refractivity contribution in [2.24, 2.45) is 0 Å². The predicted molar refractivity (Wildman–Crippen MR) is 72.0 cm³/mol. The summed E-state index contributed by atoms with van der Waals surface area (Å²) < 4.78 is 19.0. The number of benzene rings is 1. The average molecular weight is 287 g/mol. The maximum atomic E-state index is 13.5. The maximum absolute atomic E-state index is 13.5. The average Bonchev–Trinajstić information content (AvgIpc) is 2.86. The highest BCUT2D eigenvalue weighted by Gasteiger charge is 2.23. The first kappa shape index (κ1) is 14.1. The number of ether oxygens (including phenoxy) is 1. The standard InChI is InChI=1S/C13H16ClFN2O2/c1-8(12-3-2-6-19-12)16-13(18)17-11-5-4-9(14)7-10(11)15/h4-5,7-8,12H,2-3,6H2,1H3,(H2,16,17,18)/t8-,12+/m0/s1. The number of carbonyl (C=O) groups excluding carboxylic acids is 1. The molecular formula is C13H16ClFN2O2. The van der Waals surface area contributed by atoms with Crippen LogP contribution in [0.4, 0.5) is 14.9 Å². The van der Waals surface area contributed by atoms with E-state index in [-0.39, 0.29) is 22.9 Å². The Balaban J connectivity index is 1.89. The van der Waals surface area contributed by atoms with Crippen molar-refractivity contribution < 1.29 is 13.9 Å². The molecule has 0 saturated carbocycles. The van der Waals surface area contributed by atoms with Gasteiger partial charge in [0.25, 0.3) is 0 Å². The lowest BCUT2D eigenvalue weighted by Gasteiger charge is -2.20. The fraction of sp³-hybridized carbons (Fsp3) is 0.462. The first-order chi connectivity index (χ1) is 9.06. The minimum Gasteiger partial charge on any atom is -0.376 e. The summed E-state index contributed by atoms with van der Waals surface area (Å²) in [4.78, 5) is 11.7. The summed E-state index contributed by atoms with van der Waals surface area (Å²) in [7, 11) is 0. The van der Waals surface area contributed by atoms with Gasteiger partial charge >= 0.3 is 6.03 Å². The molecule has 0 spiro atoms. The number of carbonyl (C=O) groups is 1. The van der Waals surface area contributed by atoms with Gasteiger partial charge in [0, 0.05) is 11.6 Å². The van der Waals surface area contributed by atoms with Gasteiger partial charge in [-0.2, -0.15) is 0 Å². The molecule has 1 aliphatic rings. The van der Waals surface area contributed by atoms with Crippen molar-refractivity contribution in [2.75, 3.05) is 11.9 Å². The third-order valence-electron chi connectivity index (χ3n) is 3.06. The molecule has 1 fully saturated rings. The van der Waals surface area contributed by atoms with Gasteiger partial charge in [-0.25, -0.2) is 9.18 Å². The van der Waals surface area contributed by atoms with Crippen molar-refractivity contribution in [2.45, 2.75) is 31.9 Å². The second-order valence-corrected chi connectivity index (χ2v) is 5.00. The van der Waals surface area contributed by atoms with Crippen LogP contribution in [0.15, 0.2) is 18.2 Å². The summed E-state index contributed by atoms with van der Waals surface area (Å²) in [6.45, 7) is 2.60. The summed E-state index contributed by atoms with van der Waals surface area (Å²) in [5, 5.41) is 5.48. The van der Waals surface area contributed by atoms with Gasteiger partial charge in [-0.3, -0.25) is 0 Å². The third kappa shape index (κ3) is 3.81. The molecule has 0 aromatic heterocycles. The minimum atomic E-state index is -0.563. The predicted octanol–water partition coefficient (Wildman–Crippen LogP) is 3.17. The fourth-order valence-electron chi connectivity index (χ4n) is 2.05. The zero-order valence-corrected chi connectivity index (χ0v) is 11.3. The van der Waals surface area contributed by atoms with E-state index in [0.29, 0.717) is 0 Å². The van der Waals surface area contributed by atoms with Crippen LogP contribution in [0.25, 0.3) is 0 Å². The number of halogens is 2. The first-order valence-electron chi connectivity index (χ1n) is 6.20. The van der Waals surface area contributed by atoms with Crippen LogP contribution in [0.1, 0.15) is 19.8 Å². The van der Waals surface area contributed by atoms with E-state index in [1.54, 1.807) is 0 Å². The second-order valence-electron chi connectivity index (χ2n) is 4.56. The molecule has 0 unspecified atom stereocenters. The number of hydrogen-bond acceptors (Lipinski definition) is 2. The molecule has 2 N–H and O–H groups in total. The van der Waals surface area contributed by atoms with E-state index in [2.05, 4.69) is 10.6 Å². The van der Waals surface area contributed by atoms with Crippen LogP contribution in [0.3, 0.4) is 0 Å². The van der Waals surface area contributed by atoms with Crippen molar-refractivity contribution >= 4 is 23.3 Å². The Morgan fingerprint density at radius 2 is 2.37 bits per heavy atom. The van der Waals surface area contributed by atoms with Gasteiger partial charge in [-0.1, -0.05) is 11.6 Å². The van der Waals surface area contributed by atoms with Crippen molar-refractivity contribution in [1.29, 1.82) is 0 Å². The van der Waals surface area contributed by atoms with Crippen LogP contribution in [0, 0.1) is 5.82 Å². The number of rotatable bonds is 3. The fourth-order valence-corrected chi connectivity index (χ4v) is 2.20. The zero-order chi connectivity index (χ0) is 13.8. The molecule has 4 nitrogen and oxygen atoms in total. The highest BCUT2D eigenvalue weighted by molar-refractivity contribution is 6.30. The normalized spacial score (nSPS) is 20.1. The van der Waals surface area contributed by atoms with Gasteiger partial charge in [0.15, 0.2) is 0 Å². The maximum Gasteiger partial charge on any atom is 0.319 e. The molecule has 0 aliphatic carbocycles. The van der Waals surface area contributed by atoms with Crippen LogP contribution in [-0.4, -0.2) is 24.8 Å². The number of amides is 2. The molecule has 1 heterocycles. The summed E-state index contributed by atoms with van der Waals surface area (Å²) >= 11 is 5.64. The lowest BCUT2D eigenvalue weighted by Crippen LogP contribution is -2.43. The van der Waals surface area contributed by atoms with Gasteiger partial charge < -0.3 is 15.4 Å². The largest absolute Gasteiger partial charge is 0.376 e. The zero-order valence-electron chi connectivity index (χ0n) is 10.6. The first-order valence-corrected chi connectivity index (χ1v) is 6.58. The Bertz CT molecular complexity index is 464. The van der Waals surface area contributed by atoms with Crippen molar-refractivity contribution in [3.8, 4) is 0 Å². The highest BCUT2D eigenvalue weighted by Crippen LogP contribution is 2.19. The number of urea groups is 1. The Hall–Kier alpha value is -1.33. The molecule has 2 amide bonds. The highest BCUT2D eigenvalue weighted by atomic mass is 35.5. The second kappa shape index (κ2) is 6.21. The molecular weight excluding hydrogens is 271 g/mol. The molecule has 19 heavy (non-hydrogen) atoms. The molecule has 1 aliphatic heterocycles. The summed E-state index contributed by atoms with van der Waals surface area (Å²) in [5.41, 5.74) is 0.0986. The van der Waals surface area contributed by atoms with E-state index >= 15 is 0 Å².